The highest BCUT2D eigenvalue weighted by atomic mass is 35.5. The molecule has 0 fully saturated rings. The number of rotatable bonds is 8. The molecule has 0 amide bonds. The number of carboxylic acids is 1. The van der Waals surface area contributed by atoms with Gasteiger partial charge in [0.05, 0.1) is 29.7 Å². The van der Waals surface area contributed by atoms with Crippen LogP contribution in [0.4, 0.5) is 0 Å². The molecule has 3 aromatic carbocycles. The number of ether oxygens (including phenoxy) is 2. The number of aryl methyl sites for hydroxylation is 3. The van der Waals surface area contributed by atoms with E-state index in [2.05, 4.69) is 4.57 Å². The molecule has 7 heteroatoms. The summed E-state index contributed by atoms with van der Waals surface area (Å²) in [6.07, 6.45) is 0. The Labute approximate surface area is 203 Å². The fraction of sp³-hybridized carbons (Fsp3) is 0.259. The first kappa shape index (κ1) is 23.6. The number of halogens is 1. The molecule has 1 heterocycles. The Bertz CT molecular complexity index is 1380. The predicted octanol–water partition coefficient (Wildman–Crippen LogP) is 6.34. The lowest BCUT2D eigenvalue weighted by Gasteiger charge is -2.14. The number of nitrogens with zero attached hydrogens (tertiary/aromatic N) is 2. The molecule has 0 saturated heterocycles. The van der Waals surface area contributed by atoms with Crippen LogP contribution in [0.1, 0.15) is 45.4 Å². The number of hydrogen-bond acceptors (Lipinski definition) is 4. The van der Waals surface area contributed by atoms with Crippen LogP contribution in [0.25, 0.3) is 11.0 Å². The van der Waals surface area contributed by atoms with Crippen molar-refractivity contribution >= 4 is 28.6 Å². The van der Waals surface area contributed by atoms with Crippen molar-refractivity contribution in [1.82, 2.24) is 9.55 Å². The topological polar surface area (TPSA) is 73.6 Å². The number of aromatic nitrogens is 2. The smallest absolute Gasteiger partial charge is 0.336 e. The summed E-state index contributed by atoms with van der Waals surface area (Å²) in [5.74, 6) is 1.30. The van der Waals surface area contributed by atoms with Crippen molar-refractivity contribution < 1.29 is 19.4 Å². The Morgan fingerprint density at radius 2 is 1.82 bits per heavy atom. The van der Waals surface area contributed by atoms with E-state index in [9.17, 15) is 9.90 Å². The Balaban J connectivity index is 1.66. The number of aromatic carboxylic acids is 1. The third-order valence-corrected chi connectivity index (χ3v) is 6.25. The second kappa shape index (κ2) is 9.77. The Morgan fingerprint density at radius 1 is 1.03 bits per heavy atom. The Kier molecular flexibility index (Phi) is 6.80. The lowest BCUT2D eigenvalue weighted by molar-refractivity contribution is 0.0693. The Hall–Kier alpha value is -3.51. The van der Waals surface area contributed by atoms with Crippen molar-refractivity contribution in [2.24, 2.45) is 0 Å². The van der Waals surface area contributed by atoms with Crippen LogP contribution < -0.4 is 9.47 Å². The van der Waals surface area contributed by atoms with Gasteiger partial charge in [0, 0.05) is 16.7 Å². The van der Waals surface area contributed by atoms with Gasteiger partial charge in [-0.25, -0.2) is 9.78 Å². The highest BCUT2D eigenvalue weighted by molar-refractivity contribution is 6.31. The molecular weight excluding hydrogens is 452 g/mol. The van der Waals surface area contributed by atoms with Crippen LogP contribution in [-0.2, 0) is 13.2 Å². The van der Waals surface area contributed by atoms with Gasteiger partial charge in [0.25, 0.3) is 0 Å². The predicted molar refractivity (Wildman–Crippen MR) is 133 cm³/mol. The summed E-state index contributed by atoms with van der Waals surface area (Å²) in [4.78, 5) is 16.4. The van der Waals surface area contributed by atoms with Gasteiger partial charge in [-0.15, -0.1) is 0 Å². The zero-order valence-electron chi connectivity index (χ0n) is 19.7. The van der Waals surface area contributed by atoms with Gasteiger partial charge in [0.1, 0.15) is 23.9 Å². The summed E-state index contributed by atoms with van der Waals surface area (Å²) in [6.45, 7) is 9.08. The van der Waals surface area contributed by atoms with Gasteiger partial charge in [-0.2, -0.15) is 0 Å². The highest BCUT2D eigenvalue weighted by Gasteiger charge is 2.16. The standard InChI is InChI=1S/C27H27ClN2O4/c1-5-33-20-10-9-19(24(28)12-20)14-30-18(4)29-26-17(3)11-21(13-25(26)30)34-15-23-16(2)7-6-8-22(23)27(31)32/h6-13H,5,14-15H2,1-4H3,(H,31,32). The van der Waals surface area contributed by atoms with Gasteiger partial charge in [-0.05, 0) is 68.7 Å². The van der Waals surface area contributed by atoms with Crippen molar-refractivity contribution in [3.8, 4) is 11.5 Å². The van der Waals surface area contributed by atoms with Crippen LogP contribution in [0.5, 0.6) is 11.5 Å². The molecule has 0 spiro atoms. The molecule has 4 rings (SSSR count). The molecule has 0 saturated carbocycles. The molecule has 6 nitrogen and oxygen atoms in total. The number of imidazole rings is 1. The quantitative estimate of drug-likeness (QED) is 0.320. The van der Waals surface area contributed by atoms with Crippen molar-refractivity contribution in [1.29, 1.82) is 0 Å². The zero-order chi connectivity index (χ0) is 24.4. The third-order valence-electron chi connectivity index (χ3n) is 5.90. The third kappa shape index (κ3) is 4.73. The zero-order valence-corrected chi connectivity index (χ0v) is 20.4. The summed E-state index contributed by atoms with van der Waals surface area (Å²) in [5.41, 5.74) is 5.57. The van der Waals surface area contributed by atoms with E-state index in [0.717, 1.165) is 39.3 Å². The van der Waals surface area contributed by atoms with Crippen LogP contribution in [0.15, 0.2) is 48.5 Å². The minimum Gasteiger partial charge on any atom is -0.494 e. The number of hydrogen-bond donors (Lipinski definition) is 1. The molecule has 0 atom stereocenters. The molecule has 0 bridgehead atoms. The molecular formula is C27H27ClN2O4. The average molecular weight is 479 g/mol. The molecule has 1 N–H and O–H groups in total. The van der Waals surface area contributed by atoms with E-state index < -0.39 is 5.97 Å². The molecule has 0 unspecified atom stereocenters. The van der Waals surface area contributed by atoms with E-state index >= 15 is 0 Å². The highest BCUT2D eigenvalue weighted by Crippen LogP contribution is 2.30. The SMILES string of the molecule is CCOc1ccc(Cn2c(C)nc3c(C)cc(OCc4c(C)cccc4C(=O)O)cc32)c(Cl)c1. The molecule has 0 aliphatic rings. The maximum atomic E-state index is 11.6. The minimum absolute atomic E-state index is 0.164. The van der Waals surface area contributed by atoms with Crippen molar-refractivity contribution in [2.45, 2.75) is 40.8 Å². The van der Waals surface area contributed by atoms with Crippen LogP contribution in [0.2, 0.25) is 5.02 Å². The van der Waals surface area contributed by atoms with Crippen molar-refractivity contribution in [3.63, 3.8) is 0 Å². The summed E-state index contributed by atoms with van der Waals surface area (Å²) in [6, 6.07) is 14.8. The second-order valence-corrected chi connectivity index (χ2v) is 8.64. The van der Waals surface area contributed by atoms with E-state index in [1.807, 2.05) is 64.1 Å². The van der Waals surface area contributed by atoms with Gasteiger partial charge >= 0.3 is 5.97 Å². The van der Waals surface area contributed by atoms with E-state index in [4.69, 9.17) is 26.1 Å². The molecule has 4 aromatic rings. The lowest BCUT2D eigenvalue weighted by atomic mass is 10.0. The number of benzene rings is 3. The molecule has 0 aliphatic heterocycles. The normalized spacial score (nSPS) is 11.1. The minimum atomic E-state index is -0.963. The number of fused-ring (bicyclic) bond motifs is 1. The first-order chi connectivity index (χ1) is 16.3. The van der Waals surface area contributed by atoms with Crippen LogP contribution >= 0.6 is 11.6 Å². The Morgan fingerprint density at radius 3 is 2.53 bits per heavy atom. The monoisotopic (exact) mass is 478 g/mol. The van der Waals surface area contributed by atoms with E-state index in [0.29, 0.717) is 29.5 Å². The first-order valence-electron chi connectivity index (χ1n) is 11.1. The maximum Gasteiger partial charge on any atom is 0.336 e. The summed E-state index contributed by atoms with van der Waals surface area (Å²) >= 11 is 6.53. The van der Waals surface area contributed by atoms with Gasteiger partial charge in [0.15, 0.2) is 0 Å². The molecule has 0 radical (unpaired) electrons. The van der Waals surface area contributed by atoms with Gasteiger partial charge in [-0.1, -0.05) is 29.8 Å². The van der Waals surface area contributed by atoms with Gasteiger partial charge in [0.2, 0.25) is 0 Å². The summed E-state index contributed by atoms with van der Waals surface area (Å²) < 4.78 is 13.7. The molecule has 176 valence electrons. The van der Waals surface area contributed by atoms with Gasteiger partial charge in [-0.3, -0.25) is 0 Å². The fourth-order valence-electron chi connectivity index (χ4n) is 4.09. The molecule has 1 aromatic heterocycles. The van der Waals surface area contributed by atoms with Crippen LogP contribution in [0, 0.1) is 20.8 Å². The summed E-state index contributed by atoms with van der Waals surface area (Å²) in [7, 11) is 0. The molecule has 0 aliphatic carbocycles. The van der Waals surface area contributed by atoms with Crippen LogP contribution in [0.3, 0.4) is 0 Å². The first-order valence-corrected chi connectivity index (χ1v) is 11.5. The average Bonchev–Trinajstić information content (AvgIpc) is 3.10. The number of carbonyl (C=O) groups is 1. The second-order valence-electron chi connectivity index (χ2n) is 8.23. The maximum absolute atomic E-state index is 11.6. The van der Waals surface area contributed by atoms with Crippen molar-refractivity contribution in [2.75, 3.05) is 6.61 Å². The largest absolute Gasteiger partial charge is 0.494 e. The summed E-state index contributed by atoms with van der Waals surface area (Å²) in [5, 5.41) is 10.2. The molecule has 34 heavy (non-hydrogen) atoms. The van der Waals surface area contributed by atoms with E-state index in [1.54, 1.807) is 12.1 Å². The van der Waals surface area contributed by atoms with E-state index in [1.165, 1.54) is 0 Å². The lowest BCUT2D eigenvalue weighted by Crippen LogP contribution is -2.08. The van der Waals surface area contributed by atoms with E-state index in [-0.39, 0.29) is 12.2 Å². The van der Waals surface area contributed by atoms with Gasteiger partial charge < -0.3 is 19.1 Å². The fourth-order valence-corrected chi connectivity index (χ4v) is 4.32. The van der Waals surface area contributed by atoms with Crippen molar-refractivity contribution in [3.05, 3.63) is 87.2 Å². The van der Waals surface area contributed by atoms with Crippen LogP contribution in [-0.4, -0.2) is 27.2 Å². The number of carboxylic acid groups (broad SMARTS) is 1.